The molecular weight excluding hydrogens is 280 g/mol. The average molecular weight is 312 g/mol. The Morgan fingerprint density at radius 2 is 1.36 bits per heavy atom. The number of likely N-dealkylation sites (N-methyl/N-ethyl adjacent to an activating group) is 1. The molecule has 0 aromatic rings. The Hall–Kier alpha value is -1.46. The van der Waals surface area contributed by atoms with Crippen LogP contribution in [0.2, 0.25) is 0 Å². The van der Waals surface area contributed by atoms with Gasteiger partial charge in [-0.3, -0.25) is 0 Å². The van der Waals surface area contributed by atoms with E-state index in [-0.39, 0.29) is 12.1 Å². The monoisotopic (exact) mass is 312 g/mol. The minimum atomic E-state index is 0.162. The fourth-order valence-corrected chi connectivity index (χ4v) is 2.71. The number of hydrogen-bond donors (Lipinski definition) is 0. The van der Waals surface area contributed by atoms with E-state index < -0.39 is 0 Å². The van der Waals surface area contributed by atoms with Crippen LogP contribution in [0.25, 0.3) is 0 Å². The van der Waals surface area contributed by atoms with Crippen molar-refractivity contribution in [1.29, 1.82) is 0 Å². The van der Waals surface area contributed by atoms with Gasteiger partial charge in [0.05, 0.1) is 0 Å². The highest BCUT2D eigenvalue weighted by Gasteiger charge is 2.29. The van der Waals surface area contributed by atoms with Gasteiger partial charge in [-0.2, -0.15) is 0 Å². The Kier molecular flexibility index (Phi) is 6.97. The van der Waals surface area contributed by atoms with Crippen molar-refractivity contribution in [3.05, 3.63) is 0 Å². The molecule has 0 aromatic heterocycles. The number of rotatable bonds is 4. The highest BCUT2D eigenvalue weighted by atomic mass is 16.2. The number of urea groups is 2. The Morgan fingerprint density at radius 3 is 1.68 bits per heavy atom. The van der Waals surface area contributed by atoms with Gasteiger partial charge in [-0.1, -0.05) is 6.92 Å². The molecule has 6 nitrogen and oxygen atoms in total. The SMILES string of the molecule is CC(C)N1CCN(C)C1=O.CCCN1CCN(C(C)C)C1=O. The molecule has 0 N–H and O–H groups in total. The number of amides is 4. The van der Waals surface area contributed by atoms with Crippen LogP contribution in [0.3, 0.4) is 0 Å². The first-order valence-corrected chi connectivity index (χ1v) is 8.36. The minimum Gasteiger partial charge on any atom is -0.326 e. The lowest BCUT2D eigenvalue weighted by Crippen LogP contribution is -2.36. The molecule has 0 radical (unpaired) electrons. The van der Waals surface area contributed by atoms with Gasteiger partial charge in [-0.15, -0.1) is 0 Å². The van der Waals surface area contributed by atoms with Crippen LogP contribution in [-0.2, 0) is 0 Å². The second-order valence-corrected chi connectivity index (χ2v) is 6.55. The first-order valence-electron chi connectivity index (χ1n) is 8.36. The van der Waals surface area contributed by atoms with Gasteiger partial charge in [0, 0.05) is 51.9 Å². The molecule has 0 unspecified atom stereocenters. The van der Waals surface area contributed by atoms with E-state index in [1.165, 1.54) is 0 Å². The lowest BCUT2D eigenvalue weighted by atomic mass is 10.3. The molecule has 2 aliphatic heterocycles. The first-order chi connectivity index (χ1) is 10.3. The van der Waals surface area contributed by atoms with Crippen molar-refractivity contribution in [3.63, 3.8) is 0 Å². The average Bonchev–Trinajstić information content (AvgIpc) is 2.96. The van der Waals surface area contributed by atoms with Gasteiger partial charge in [0.2, 0.25) is 0 Å². The normalized spacial score (nSPS) is 18.7. The maximum absolute atomic E-state index is 11.6. The Morgan fingerprint density at radius 1 is 0.864 bits per heavy atom. The van der Waals surface area contributed by atoms with Crippen molar-refractivity contribution < 1.29 is 9.59 Å². The largest absolute Gasteiger partial charge is 0.326 e. The molecule has 2 fully saturated rings. The van der Waals surface area contributed by atoms with E-state index in [1.54, 1.807) is 4.90 Å². The van der Waals surface area contributed by atoms with Crippen LogP contribution in [0.4, 0.5) is 9.59 Å². The highest BCUT2D eigenvalue weighted by Crippen LogP contribution is 2.12. The van der Waals surface area contributed by atoms with Gasteiger partial charge in [-0.05, 0) is 34.1 Å². The molecule has 2 saturated heterocycles. The van der Waals surface area contributed by atoms with E-state index in [2.05, 4.69) is 20.8 Å². The van der Waals surface area contributed by atoms with Gasteiger partial charge in [0.15, 0.2) is 0 Å². The van der Waals surface area contributed by atoms with Crippen LogP contribution < -0.4 is 0 Å². The topological polar surface area (TPSA) is 47.1 Å². The van der Waals surface area contributed by atoms with E-state index in [4.69, 9.17) is 0 Å². The molecule has 0 aliphatic carbocycles. The molecule has 4 amide bonds. The van der Waals surface area contributed by atoms with Crippen LogP contribution in [-0.4, -0.2) is 83.5 Å². The van der Waals surface area contributed by atoms with Crippen molar-refractivity contribution in [2.24, 2.45) is 0 Å². The van der Waals surface area contributed by atoms with Crippen molar-refractivity contribution in [3.8, 4) is 0 Å². The van der Waals surface area contributed by atoms with Crippen LogP contribution in [0.15, 0.2) is 0 Å². The predicted molar refractivity (Wildman–Crippen MR) is 89.0 cm³/mol. The van der Waals surface area contributed by atoms with Crippen LogP contribution >= 0.6 is 0 Å². The lowest BCUT2D eigenvalue weighted by molar-refractivity contribution is 0.183. The van der Waals surface area contributed by atoms with Crippen LogP contribution in [0.5, 0.6) is 0 Å². The quantitative estimate of drug-likeness (QED) is 0.800. The zero-order valence-corrected chi connectivity index (χ0v) is 15.0. The molecule has 2 heterocycles. The molecule has 0 saturated carbocycles. The summed E-state index contributed by atoms with van der Waals surface area (Å²) in [7, 11) is 1.84. The third kappa shape index (κ3) is 4.52. The molecule has 2 rings (SSSR count). The lowest BCUT2D eigenvalue weighted by Gasteiger charge is -2.21. The van der Waals surface area contributed by atoms with Crippen molar-refractivity contribution >= 4 is 12.1 Å². The Labute approximate surface area is 135 Å². The minimum absolute atomic E-state index is 0.162. The van der Waals surface area contributed by atoms with E-state index in [0.29, 0.717) is 12.1 Å². The third-order valence-electron chi connectivity index (χ3n) is 4.12. The van der Waals surface area contributed by atoms with Gasteiger partial charge >= 0.3 is 12.1 Å². The third-order valence-corrected chi connectivity index (χ3v) is 4.12. The summed E-state index contributed by atoms with van der Waals surface area (Å²) < 4.78 is 0. The molecular formula is C16H32N4O2. The molecule has 128 valence electrons. The maximum atomic E-state index is 11.6. The predicted octanol–water partition coefficient (Wildman–Crippen LogP) is 2.30. The fourth-order valence-electron chi connectivity index (χ4n) is 2.71. The summed E-state index contributed by atoms with van der Waals surface area (Å²) in [6.45, 7) is 14.8. The summed E-state index contributed by atoms with van der Waals surface area (Å²) in [5.41, 5.74) is 0. The molecule has 6 heteroatoms. The van der Waals surface area contributed by atoms with Gasteiger partial charge < -0.3 is 19.6 Å². The molecule has 0 aromatic carbocycles. The van der Waals surface area contributed by atoms with Gasteiger partial charge in [0.1, 0.15) is 0 Å². The number of carbonyl (C=O) groups excluding carboxylic acids is 2. The summed E-state index contributed by atoms with van der Waals surface area (Å²) >= 11 is 0. The van der Waals surface area contributed by atoms with Crippen LogP contribution in [0.1, 0.15) is 41.0 Å². The van der Waals surface area contributed by atoms with Gasteiger partial charge in [0.25, 0.3) is 0 Å². The van der Waals surface area contributed by atoms with Gasteiger partial charge in [-0.25, -0.2) is 9.59 Å². The zero-order chi connectivity index (χ0) is 16.9. The summed E-state index contributed by atoms with van der Waals surface area (Å²) in [6, 6.07) is 1.07. The number of nitrogens with zero attached hydrogens (tertiary/aromatic N) is 4. The van der Waals surface area contributed by atoms with Crippen molar-refractivity contribution in [2.75, 3.05) is 39.8 Å². The number of hydrogen-bond acceptors (Lipinski definition) is 2. The molecule has 22 heavy (non-hydrogen) atoms. The summed E-state index contributed by atoms with van der Waals surface area (Å²) in [5, 5.41) is 0. The molecule has 0 bridgehead atoms. The second-order valence-electron chi connectivity index (χ2n) is 6.55. The molecule has 2 aliphatic rings. The maximum Gasteiger partial charge on any atom is 0.320 e. The zero-order valence-electron chi connectivity index (χ0n) is 15.0. The van der Waals surface area contributed by atoms with E-state index >= 15 is 0 Å². The van der Waals surface area contributed by atoms with E-state index in [1.807, 2.05) is 35.6 Å². The first kappa shape index (κ1) is 18.6. The highest BCUT2D eigenvalue weighted by molar-refractivity contribution is 5.77. The second kappa shape index (κ2) is 8.25. The number of carbonyl (C=O) groups is 2. The Bertz CT molecular complexity index is 384. The standard InChI is InChI=1S/C9H18N2O.C7H14N2O/c1-4-5-10-6-7-11(8(2)3)9(10)12;1-6(2)9-5-4-8(3)7(9)10/h8H,4-7H2,1-3H3;6H,4-5H2,1-3H3. The van der Waals surface area contributed by atoms with Crippen LogP contribution in [0, 0.1) is 0 Å². The molecule has 0 atom stereocenters. The van der Waals surface area contributed by atoms with Crippen molar-refractivity contribution in [2.45, 2.75) is 53.1 Å². The smallest absolute Gasteiger partial charge is 0.320 e. The van der Waals surface area contributed by atoms with Crippen molar-refractivity contribution in [1.82, 2.24) is 19.6 Å². The van der Waals surface area contributed by atoms with E-state index in [0.717, 1.165) is 39.1 Å². The summed E-state index contributed by atoms with van der Waals surface area (Å²) in [6.07, 6.45) is 1.05. The molecule has 0 spiro atoms. The summed E-state index contributed by atoms with van der Waals surface area (Å²) in [5.74, 6) is 0. The summed E-state index contributed by atoms with van der Waals surface area (Å²) in [4.78, 5) is 30.3. The fraction of sp³-hybridized carbons (Fsp3) is 0.875. The Balaban J connectivity index is 0.000000224. The van der Waals surface area contributed by atoms with E-state index in [9.17, 15) is 9.59 Å².